The van der Waals surface area contributed by atoms with Gasteiger partial charge >= 0.3 is 0 Å². The standard InChI is InChI=1S/C8H15N.C7H9N.CH4/c1-2-9-8-6-4-3-5-7-8;1-6-2-4-7(8)5-3-6;/h6,9H,2-5,7H2,1H3;2-5H,8H2,1H3;1H4. The number of hydrogen-bond acceptors (Lipinski definition) is 2. The molecule has 1 aliphatic rings. The van der Waals surface area contributed by atoms with Crippen molar-refractivity contribution in [2.45, 2.75) is 47.0 Å². The summed E-state index contributed by atoms with van der Waals surface area (Å²) in [6.07, 6.45) is 7.64. The van der Waals surface area contributed by atoms with E-state index in [1.165, 1.54) is 36.9 Å². The van der Waals surface area contributed by atoms with Gasteiger partial charge in [0.2, 0.25) is 0 Å². The van der Waals surface area contributed by atoms with Crippen LogP contribution in [-0.2, 0) is 0 Å². The van der Waals surface area contributed by atoms with Crippen LogP contribution in [0.2, 0.25) is 0 Å². The normalized spacial score (nSPS) is 13.6. The first-order chi connectivity index (χ1) is 8.22. The summed E-state index contributed by atoms with van der Waals surface area (Å²) in [5.74, 6) is 0. The molecule has 0 fully saturated rings. The van der Waals surface area contributed by atoms with Crippen LogP contribution in [0.3, 0.4) is 0 Å². The first-order valence-electron chi connectivity index (χ1n) is 6.47. The fraction of sp³-hybridized carbons (Fsp3) is 0.500. The summed E-state index contributed by atoms with van der Waals surface area (Å²) < 4.78 is 0. The fourth-order valence-corrected chi connectivity index (χ4v) is 1.79. The van der Waals surface area contributed by atoms with Gasteiger partial charge in [-0.3, -0.25) is 0 Å². The monoisotopic (exact) mass is 248 g/mol. The van der Waals surface area contributed by atoms with E-state index in [1.54, 1.807) is 0 Å². The van der Waals surface area contributed by atoms with Crippen molar-refractivity contribution < 1.29 is 0 Å². The minimum atomic E-state index is 0. The first kappa shape index (κ1) is 16.6. The summed E-state index contributed by atoms with van der Waals surface area (Å²) in [4.78, 5) is 0. The summed E-state index contributed by atoms with van der Waals surface area (Å²) in [6, 6.07) is 7.79. The maximum absolute atomic E-state index is 5.43. The second-order valence-corrected chi connectivity index (χ2v) is 4.42. The van der Waals surface area contributed by atoms with Gasteiger partial charge in [-0.25, -0.2) is 0 Å². The van der Waals surface area contributed by atoms with Crippen LogP contribution in [0.1, 0.15) is 45.6 Å². The van der Waals surface area contributed by atoms with Gasteiger partial charge < -0.3 is 11.1 Å². The van der Waals surface area contributed by atoms with Crippen molar-refractivity contribution in [3.8, 4) is 0 Å². The lowest BCUT2D eigenvalue weighted by molar-refractivity contribution is 0.649. The van der Waals surface area contributed by atoms with Crippen molar-refractivity contribution in [3.05, 3.63) is 41.6 Å². The molecular formula is C16H28N2. The average Bonchev–Trinajstić information content (AvgIpc) is 2.36. The molecular weight excluding hydrogens is 220 g/mol. The molecule has 0 aliphatic heterocycles. The van der Waals surface area contributed by atoms with Gasteiger partial charge in [-0.15, -0.1) is 0 Å². The Balaban J connectivity index is 0.000000306. The van der Waals surface area contributed by atoms with E-state index in [2.05, 4.69) is 18.3 Å². The Morgan fingerprint density at radius 1 is 1.17 bits per heavy atom. The molecule has 102 valence electrons. The molecule has 0 bridgehead atoms. The molecule has 1 aromatic carbocycles. The zero-order valence-electron chi connectivity index (χ0n) is 11.0. The van der Waals surface area contributed by atoms with E-state index in [1.807, 2.05) is 31.2 Å². The quantitative estimate of drug-likeness (QED) is 0.767. The van der Waals surface area contributed by atoms with E-state index >= 15 is 0 Å². The molecule has 0 atom stereocenters. The number of anilines is 1. The molecule has 1 aliphatic carbocycles. The molecule has 0 heterocycles. The lowest BCUT2D eigenvalue weighted by atomic mass is 10.1. The molecule has 3 N–H and O–H groups in total. The van der Waals surface area contributed by atoms with Gasteiger partial charge in [-0.05, 0) is 51.7 Å². The summed E-state index contributed by atoms with van der Waals surface area (Å²) >= 11 is 0. The summed E-state index contributed by atoms with van der Waals surface area (Å²) in [7, 11) is 0. The van der Waals surface area contributed by atoms with Crippen molar-refractivity contribution in [1.82, 2.24) is 5.32 Å². The van der Waals surface area contributed by atoms with Gasteiger partial charge in [-0.2, -0.15) is 0 Å². The molecule has 0 aromatic heterocycles. The van der Waals surface area contributed by atoms with Crippen LogP contribution in [0.15, 0.2) is 36.0 Å². The topological polar surface area (TPSA) is 38.0 Å². The number of hydrogen-bond donors (Lipinski definition) is 2. The molecule has 0 saturated carbocycles. The Hall–Kier alpha value is -1.44. The summed E-state index contributed by atoms with van der Waals surface area (Å²) in [5, 5.41) is 3.35. The minimum absolute atomic E-state index is 0. The van der Waals surface area contributed by atoms with Crippen molar-refractivity contribution in [1.29, 1.82) is 0 Å². The van der Waals surface area contributed by atoms with Crippen LogP contribution in [0.4, 0.5) is 5.69 Å². The van der Waals surface area contributed by atoms with Crippen LogP contribution in [0, 0.1) is 6.92 Å². The highest BCUT2D eigenvalue weighted by Crippen LogP contribution is 2.14. The molecule has 2 nitrogen and oxygen atoms in total. The van der Waals surface area contributed by atoms with Gasteiger partial charge in [0.05, 0.1) is 0 Å². The van der Waals surface area contributed by atoms with Crippen LogP contribution in [-0.4, -0.2) is 6.54 Å². The molecule has 0 saturated heterocycles. The highest BCUT2D eigenvalue weighted by molar-refractivity contribution is 5.38. The third kappa shape index (κ3) is 7.00. The Morgan fingerprint density at radius 3 is 2.28 bits per heavy atom. The number of aryl methyl sites for hydroxylation is 1. The Bertz CT molecular complexity index is 318. The highest BCUT2D eigenvalue weighted by atomic mass is 14.9. The smallest absolute Gasteiger partial charge is 0.0314 e. The molecule has 0 unspecified atom stereocenters. The Morgan fingerprint density at radius 2 is 1.83 bits per heavy atom. The Labute approximate surface area is 112 Å². The average molecular weight is 248 g/mol. The van der Waals surface area contributed by atoms with Crippen LogP contribution in [0.5, 0.6) is 0 Å². The second-order valence-electron chi connectivity index (χ2n) is 4.42. The summed E-state index contributed by atoms with van der Waals surface area (Å²) in [5.41, 5.74) is 8.97. The summed E-state index contributed by atoms with van der Waals surface area (Å²) in [6.45, 7) is 5.26. The van der Waals surface area contributed by atoms with Crippen LogP contribution in [0.25, 0.3) is 0 Å². The number of rotatable bonds is 2. The number of nitrogen functional groups attached to an aromatic ring is 1. The van der Waals surface area contributed by atoms with Crippen LogP contribution >= 0.6 is 0 Å². The second kappa shape index (κ2) is 9.58. The third-order valence-electron chi connectivity index (χ3n) is 2.77. The van der Waals surface area contributed by atoms with Gasteiger partial charge in [-0.1, -0.05) is 31.2 Å². The first-order valence-corrected chi connectivity index (χ1v) is 6.47. The number of nitrogens with two attached hydrogens (primary N) is 1. The van der Waals surface area contributed by atoms with Gasteiger partial charge in [0, 0.05) is 17.9 Å². The lowest BCUT2D eigenvalue weighted by Gasteiger charge is -2.12. The SMILES string of the molecule is C.CCNC1=CCCCC1.Cc1ccc(N)cc1. The predicted octanol–water partition coefficient (Wildman–Crippen LogP) is 4.27. The maximum Gasteiger partial charge on any atom is 0.0314 e. The van der Waals surface area contributed by atoms with Crippen molar-refractivity contribution >= 4 is 5.69 Å². The molecule has 0 spiro atoms. The Kier molecular flexibility index (Phi) is 8.81. The number of nitrogens with one attached hydrogen (secondary N) is 1. The number of allylic oxidation sites excluding steroid dienone is 2. The molecule has 1 aromatic rings. The zero-order chi connectivity index (χ0) is 12.5. The van der Waals surface area contributed by atoms with E-state index in [4.69, 9.17) is 5.73 Å². The molecule has 2 rings (SSSR count). The fourth-order valence-electron chi connectivity index (χ4n) is 1.79. The zero-order valence-corrected chi connectivity index (χ0v) is 11.0. The number of benzene rings is 1. The van der Waals surface area contributed by atoms with E-state index in [0.29, 0.717) is 0 Å². The highest BCUT2D eigenvalue weighted by Gasteiger charge is 1.99. The van der Waals surface area contributed by atoms with Crippen molar-refractivity contribution in [2.75, 3.05) is 12.3 Å². The van der Waals surface area contributed by atoms with E-state index in [0.717, 1.165) is 12.2 Å². The largest absolute Gasteiger partial charge is 0.399 e. The molecule has 2 heteroatoms. The van der Waals surface area contributed by atoms with Crippen molar-refractivity contribution in [2.24, 2.45) is 0 Å². The predicted molar refractivity (Wildman–Crippen MR) is 82.6 cm³/mol. The van der Waals surface area contributed by atoms with Gasteiger partial charge in [0.15, 0.2) is 0 Å². The van der Waals surface area contributed by atoms with E-state index in [-0.39, 0.29) is 7.43 Å². The van der Waals surface area contributed by atoms with Gasteiger partial charge in [0.1, 0.15) is 0 Å². The third-order valence-corrected chi connectivity index (χ3v) is 2.77. The molecule has 0 amide bonds. The van der Waals surface area contributed by atoms with Crippen LogP contribution < -0.4 is 11.1 Å². The van der Waals surface area contributed by atoms with Gasteiger partial charge in [0.25, 0.3) is 0 Å². The maximum atomic E-state index is 5.43. The molecule has 18 heavy (non-hydrogen) atoms. The van der Waals surface area contributed by atoms with E-state index < -0.39 is 0 Å². The van der Waals surface area contributed by atoms with E-state index in [9.17, 15) is 0 Å². The lowest BCUT2D eigenvalue weighted by Crippen LogP contribution is -2.13. The van der Waals surface area contributed by atoms with Crippen molar-refractivity contribution in [3.63, 3.8) is 0 Å². The minimum Gasteiger partial charge on any atom is -0.399 e. The molecule has 0 radical (unpaired) electrons.